The number of rotatable bonds is 10. The van der Waals surface area contributed by atoms with Gasteiger partial charge >= 0.3 is 0 Å². The van der Waals surface area contributed by atoms with E-state index in [0.29, 0.717) is 12.2 Å². The van der Waals surface area contributed by atoms with Crippen molar-refractivity contribution in [2.75, 3.05) is 18.8 Å². The Labute approximate surface area is 189 Å². The summed E-state index contributed by atoms with van der Waals surface area (Å²) in [4.78, 5) is 17.4. The van der Waals surface area contributed by atoms with Crippen molar-refractivity contribution in [1.82, 2.24) is 35.7 Å². The first kappa shape index (κ1) is 22.1. The number of carbonyl (C=O) groups is 1. The lowest BCUT2D eigenvalue weighted by molar-refractivity contribution is -0.914. The number of nitrogens with zero attached hydrogens (tertiary/aromatic N) is 6. The maximum absolute atomic E-state index is 13.0. The molecule has 1 amide bonds. The van der Waals surface area contributed by atoms with Gasteiger partial charge in [-0.2, -0.15) is 9.78 Å². The summed E-state index contributed by atoms with van der Waals surface area (Å²) >= 11 is 0. The highest BCUT2D eigenvalue weighted by Gasteiger charge is 2.27. The number of anilines is 1. The Balaban J connectivity index is 1.59. The molecule has 0 unspecified atom stereocenters. The largest absolute Gasteiger partial charge is 0.378 e. The number of para-hydroxylation sites is 1. The SMILES string of the molecule is CCC[NH+](CCC)Cc1c(C(=O)NN=Cc2c[nH]c3ccccc23)nnn1-c1nonc1N. The van der Waals surface area contributed by atoms with E-state index in [2.05, 4.69) is 50.0 Å². The normalized spacial score (nSPS) is 11.7. The van der Waals surface area contributed by atoms with E-state index in [-0.39, 0.29) is 17.3 Å². The fraction of sp³-hybridized carbons (Fsp3) is 0.333. The van der Waals surface area contributed by atoms with Crippen LogP contribution in [0.5, 0.6) is 0 Å². The lowest BCUT2D eigenvalue weighted by Crippen LogP contribution is -3.10. The second-order valence-corrected chi connectivity index (χ2v) is 7.69. The Hall–Kier alpha value is -4.06. The molecule has 0 aliphatic rings. The molecule has 0 radical (unpaired) electrons. The quantitative estimate of drug-likeness (QED) is 0.204. The van der Waals surface area contributed by atoms with Gasteiger partial charge in [0.15, 0.2) is 5.69 Å². The van der Waals surface area contributed by atoms with Crippen LogP contribution in [0.4, 0.5) is 5.82 Å². The number of nitrogens with one attached hydrogen (secondary N) is 3. The van der Waals surface area contributed by atoms with Gasteiger partial charge in [0, 0.05) is 22.7 Å². The molecule has 0 saturated carbocycles. The van der Waals surface area contributed by atoms with Crippen LogP contribution in [0, 0.1) is 0 Å². The van der Waals surface area contributed by atoms with Crippen LogP contribution in [0.1, 0.15) is 48.4 Å². The minimum atomic E-state index is -0.477. The average molecular weight is 452 g/mol. The topological polar surface area (TPSA) is 157 Å². The monoisotopic (exact) mass is 451 g/mol. The van der Waals surface area contributed by atoms with Crippen molar-refractivity contribution in [2.24, 2.45) is 5.10 Å². The standard InChI is InChI=1S/C21H26N10O2/c1-3-9-30(10-4-2)13-17-18(25-29-31(17)20-19(22)27-33-28-20)21(32)26-24-12-14-11-23-16-8-6-5-7-15(14)16/h5-8,11-12,23H,3-4,9-10,13H2,1-2H3,(H2,22,27)(H,26,32)/p+1. The van der Waals surface area contributed by atoms with Crippen LogP contribution < -0.4 is 16.1 Å². The summed E-state index contributed by atoms with van der Waals surface area (Å²) in [7, 11) is 0. The molecule has 0 fully saturated rings. The number of aromatic nitrogens is 6. The second kappa shape index (κ2) is 10.0. The molecule has 3 heterocycles. The number of hydrogen-bond acceptors (Lipinski definition) is 8. The van der Waals surface area contributed by atoms with E-state index in [1.165, 1.54) is 9.58 Å². The number of hydrogen-bond donors (Lipinski definition) is 4. The molecule has 33 heavy (non-hydrogen) atoms. The van der Waals surface area contributed by atoms with Crippen LogP contribution in [0.25, 0.3) is 16.7 Å². The third-order valence-corrected chi connectivity index (χ3v) is 5.29. The number of amides is 1. The van der Waals surface area contributed by atoms with Crippen molar-refractivity contribution in [2.45, 2.75) is 33.2 Å². The Bertz CT molecular complexity index is 1250. The third kappa shape index (κ3) is 4.75. The van der Waals surface area contributed by atoms with E-state index in [1.54, 1.807) is 6.21 Å². The van der Waals surface area contributed by atoms with Crippen LogP contribution in [0.2, 0.25) is 0 Å². The van der Waals surface area contributed by atoms with Gasteiger partial charge in [-0.1, -0.05) is 37.3 Å². The van der Waals surface area contributed by atoms with Crippen molar-refractivity contribution in [3.05, 3.63) is 47.4 Å². The predicted octanol–water partition coefficient (Wildman–Crippen LogP) is 0.683. The molecule has 3 aromatic heterocycles. The number of nitrogens with two attached hydrogens (primary N) is 1. The number of quaternary nitrogens is 1. The summed E-state index contributed by atoms with van der Waals surface area (Å²) in [6.07, 6.45) is 5.42. The van der Waals surface area contributed by atoms with Crippen molar-refractivity contribution in [1.29, 1.82) is 0 Å². The van der Waals surface area contributed by atoms with Gasteiger partial charge in [0.1, 0.15) is 12.2 Å². The molecule has 4 aromatic rings. The minimum absolute atomic E-state index is 0.0676. The Morgan fingerprint density at radius 2 is 2.06 bits per heavy atom. The Morgan fingerprint density at radius 3 is 2.79 bits per heavy atom. The number of nitrogen functional groups attached to an aromatic ring is 1. The molecular formula is C21H27N10O2+. The summed E-state index contributed by atoms with van der Waals surface area (Å²) in [5.74, 6) is -0.209. The Kier molecular flexibility index (Phi) is 6.74. The van der Waals surface area contributed by atoms with E-state index < -0.39 is 5.91 Å². The molecule has 0 aliphatic heterocycles. The zero-order valence-electron chi connectivity index (χ0n) is 18.6. The minimum Gasteiger partial charge on any atom is -0.378 e. The van der Waals surface area contributed by atoms with Gasteiger partial charge in [0.05, 0.1) is 19.3 Å². The fourth-order valence-corrected chi connectivity index (χ4v) is 3.80. The van der Waals surface area contributed by atoms with Crippen molar-refractivity contribution >= 4 is 28.8 Å². The summed E-state index contributed by atoms with van der Waals surface area (Å²) in [6, 6.07) is 7.85. The van der Waals surface area contributed by atoms with E-state index in [9.17, 15) is 4.79 Å². The molecule has 1 aromatic carbocycles. The van der Waals surface area contributed by atoms with E-state index >= 15 is 0 Å². The van der Waals surface area contributed by atoms with Gasteiger partial charge in [0.25, 0.3) is 5.91 Å². The highest BCUT2D eigenvalue weighted by Crippen LogP contribution is 2.16. The van der Waals surface area contributed by atoms with Crippen LogP contribution in [0.15, 0.2) is 40.2 Å². The third-order valence-electron chi connectivity index (χ3n) is 5.29. The maximum Gasteiger partial charge on any atom is 0.294 e. The zero-order valence-corrected chi connectivity index (χ0v) is 18.6. The summed E-state index contributed by atoms with van der Waals surface area (Å²) in [5.41, 5.74) is 11.0. The maximum atomic E-state index is 13.0. The highest BCUT2D eigenvalue weighted by atomic mass is 16.6. The van der Waals surface area contributed by atoms with Crippen molar-refractivity contribution in [3.63, 3.8) is 0 Å². The molecule has 5 N–H and O–H groups in total. The van der Waals surface area contributed by atoms with Gasteiger partial charge in [-0.15, -0.1) is 5.10 Å². The summed E-state index contributed by atoms with van der Waals surface area (Å²) < 4.78 is 6.13. The number of H-pyrrole nitrogens is 1. The van der Waals surface area contributed by atoms with Gasteiger partial charge < -0.3 is 15.6 Å². The predicted molar refractivity (Wildman–Crippen MR) is 122 cm³/mol. The molecule has 12 heteroatoms. The lowest BCUT2D eigenvalue weighted by atomic mass is 10.2. The smallest absolute Gasteiger partial charge is 0.294 e. The second-order valence-electron chi connectivity index (χ2n) is 7.69. The number of aromatic amines is 1. The van der Waals surface area contributed by atoms with Crippen LogP contribution in [-0.4, -0.2) is 55.5 Å². The molecular weight excluding hydrogens is 424 g/mol. The summed E-state index contributed by atoms with van der Waals surface area (Å²) in [6.45, 7) is 6.63. The molecule has 0 bridgehead atoms. The number of hydrazone groups is 1. The highest BCUT2D eigenvalue weighted by molar-refractivity contribution is 6.00. The molecule has 0 saturated heterocycles. The van der Waals surface area contributed by atoms with E-state index in [4.69, 9.17) is 10.4 Å². The van der Waals surface area contributed by atoms with E-state index in [0.717, 1.165) is 42.4 Å². The zero-order chi connectivity index (χ0) is 23.2. The van der Waals surface area contributed by atoms with Crippen LogP contribution in [0.3, 0.4) is 0 Å². The van der Waals surface area contributed by atoms with Gasteiger partial charge in [-0.3, -0.25) is 4.79 Å². The van der Waals surface area contributed by atoms with Gasteiger partial charge in [-0.05, 0) is 29.2 Å². The Morgan fingerprint density at radius 1 is 1.27 bits per heavy atom. The molecule has 0 spiro atoms. The molecule has 0 atom stereocenters. The summed E-state index contributed by atoms with van der Waals surface area (Å²) in [5, 5.41) is 20.8. The fourth-order valence-electron chi connectivity index (χ4n) is 3.80. The lowest BCUT2D eigenvalue weighted by Gasteiger charge is -2.18. The number of carbonyl (C=O) groups excluding carboxylic acids is 1. The number of fused-ring (bicyclic) bond motifs is 1. The van der Waals surface area contributed by atoms with Gasteiger partial charge in [0.2, 0.25) is 11.6 Å². The first-order valence-electron chi connectivity index (χ1n) is 10.9. The van der Waals surface area contributed by atoms with Gasteiger partial charge in [-0.25, -0.2) is 10.1 Å². The number of benzene rings is 1. The van der Waals surface area contributed by atoms with E-state index in [1.807, 2.05) is 30.5 Å². The first-order valence-corrected chi connectivity index (χ1v) is 10.9. The van der Waals surface area contributed by atoms with Crippen LogP contribution >= 0.6 is 0 Å². The molecule has 0 aliphatic carbocycles. The average Bonchev–Trinajstić information content (AvgIpc) is 3.53. The van der Waals surface area contributed by atoms with Crippen molar-refractivity contribution < 1.29 is 14.3 Å². The molecule has 12 nitrogen and oxygen atoms in total. The van der Waals surface area contributed by atoms with Crippen LogP contribution in [-0.2, 0) is 6.54 Å². The first-order chi connectivity index (χ1) is 16.1. The molecule has 4 rings (SSSR count). The van der Waals surface area contributed by atoms with Crippen molar-refractivity contribution in [3.8, 4) is 5.82 Å². The molecule has 172 valence electrons.